The van der Waals surface area contributed by atoms with Crippen molar-refractivity contribution < 1.29 is 0 Å². The molecule has 1 atom stereocenters. The molecule has 2 rings (SSSR count). The van der Waals surface area contributed by atoms with E-state index in [0.29, 0.717) is 5.37 Å². The van der Waals surface area contributed by atoms with Gasteiger partial charge in [-0.2, -0.15) is 5.10 Å². The van der Waals surface area contributed by atoms with Gasteiger partial charge in [-0.1, -0.05) is 0 Å². The summed E-state index contributed by atoms with van der Waals surface area (Å²) in [5.41, 5.74) is 2.70. The molecule has 2 heterocycles. The van der Waals surface area contributed by atoms with Gasteiger partial charge in [-0.05, 0) is 20.8 Å². The van der Waals surface area contributed by atoms with Crippen LogP contribution in [0.4, 0.5) is 0 Å². The Hall–Kier alpha value is -0.480. The first kappa shape index (κ1) is 10.1. The SMILES string of the molecule is Cc1nn(C)cc1C1NC(C)(C)CS1. The Morgan fingerprint density at radius 2 is 2.36 bits per heavy atom. The largest absolute Gasteiger partial charge is 0.296 e. The van der Waals surface area contributed by atoms with Crippen LogP contribution >= 0.6 is 11.8 Å². The number of rotatable bonds is 1. The van der Waals surface area contributed by atoms with Crippen molar-refractivity contribution in [2.45, 2.75) is 31.7 Å². The normalized spacial score (nSPS) is 25.6. The van der Waals surface area contributed by atoms with Crippen LogP contribution in [-0.4, -0.2) is 21.1 Å². The second-order valence-electron chi connectivity index (χ2n) is 4.56. The average Bonchev–Trinajstić information content (AvgIpc) is 2.55. The smallest absolute Gasteiger partial charge is 0.0827 e. The molecular formula is C10H17N3S. The maximum absolute atomic E-state index is 4.37. The van der Waals surface area contributed by atoms with Crippen molar-refractivity contribution in [3.05, 3.63) is 17.5 Å². The van der Waals surface area contributed by atoms with Crippen molar-refractivity contribution in [2.24, 2.45) is 7.05 Å². The van der Waals surface area contributed by atoms with Gasteiger partial charge < -0.3 is 0 Å². The standard InChI is InChI=1S/C10H17N3S/c1-7-8(5-13(4)12-7)9-11-10(2,3)6-14-9/h5,9,11H,6H2,1-4H3. The number of thioether (sulfide) groups is 1. The molecule has 0 amide bonds. The van der Waals surface area contributed by atoms with E-state index in [-0.39, 0.29) is 5.54 Å². The van der Waals surface area contributed by atoms with Gasteiger partial charge in [-0.25, -0.2) is 0 Å². The molecule has 1 N–H and O–H groups in total. The Kier molecular flexibility index (Phi) is 2.35. The summed E-state index contributed by atoms with van der Waals surface area (Å²) in [6.07, 6.45) is 2.11. The third-order valence-electron chi connectivity index (χ3n) is 2.47. The topological polar surface area (TPSA) is 29.9 Å². The maximum atomic E-state index is 4.37. The van der Waals surface area contributed by atoms with Crippen LogP contribution in [0, 0.1) is 6.92 Å². The van der Waals surface area contributed by atoms with Crippen LogP contribution < -0.4 is 5.32 Å². The lowest BCUT2D eigenvalue weighted by atomic mass is 10.1. The molecular weight excluding hydrogens is 194 g/mol. The highest BCUT2D eigenvalue weighted by atomic mass is 32.2. The average molecular weight is 211 g/mol. The third kappa shape index (κ3) is 1.81. The molecule has 0 aliphatic carbocycles. The Morgan fingerprint density at radius 1 is 1.64 bits per heavy atom. The zero-order chi connectivity index (χ0) is 10.3. The van der Waals surface area contributed by atoms with Crippen molar-refractivity contribution >= 4 is 11.8 Å². The predicted octanol–water partition coefficient (Wildman–Crippen LogP) is 1.84. The highest BCUT2D eigenvalue weighted by Crippen LogP contribution is 2.37. The molecule has 0 radical (unpaired) electrons. The van der Waals surface area contributed by atoms with E-state index in [9.17, 15) is 0 Å². The molecule has 14 heavy (non-hydrogen) atoms. The number of aryl methyl sites for hydroxylation is 2. The summed E-state index contributed by atoms with van der Waals surface area (Å²) >= 11 is 1.97. The monoisotopic (exact) mass is 211 g/mol. The number of hydrogen-bond donors (Lipinski definition) is 1. The predicted molar refractivity (Wildman–Crippen MR) is 60.4 cm³/mol. The molecule has 3 nitrogen and oxygen atoms in total. The van der Waals surface area contributed by atoms with Crippen molar-refractivity contribution in [1.29, 1.82) is 0 Å². The summed E-state index contributed by atoms with van der Waals surface area (Å²) in [6.45, 7) is 6.56. The van der Waals surface area contributed by atoms with E-state index in [1.54, 1.807) is 0 Å². The Labute approximate surface area is 89.3 Å². The van der Waals surface area contributed by atoms with Crippen LogP contribution in [0.15, 0.2) is 6.20 Å². The summed E-state index contributed by atoms with van der Waals surface area (Å²) in [7, 11) is 1.97. The number of aromatic nitrogens is 2. The number of nitrogens with one attached hydrogen (secondary N) is 1. The van der Waals surface area contributed by atoms with Crippen LogP contribution in [0.5, 0.6) is 0 Å². The Morgan fingerprint density at radius 3 is 2.79 bits per heavy atom. The Bertz CT molecular complexity index is 343. The van der Waals surface area contributed by atoms with Crippen LogP contribution in [0.2, 0.25) is 0 Å². The molecule has 1 unspecified atom stereocenters. The van der Waals surface area contributed by atoms with Gasteiger partial charge in [0.25, 0.3) is 0 Å². The van der Waals surface area contributed by atoms with E-state index in [0.717, 1.165) is 11.4 Å². The lowest BCUT2D eigenvalue weighted by Crippen LogP contribution is -2.35. The number of nitrogens with zero attached hydrogens (tertiary/aromatic N) is 2. The first-order chi connectivity index (χ1) is 6.48. The minimum atomic E-state index is 0.248. The molecule has 1 saturated heterocycles. The second-order valence-corrected chi connectivity index (χ2v) is 5.66. The molecule has 1 aliphatic rings. The summed E-state index contributed by atoms with van der Waals surface area (Å²) in [6, 6.07) is 0. The van der Waals surface area contributed by atoms with E-state index in [4.69, 9.17) is 0 Å². The van der Waals surface area contributed by atoms with Crippen LogP contribution in [-0.2, 0) is 7.05 Å². The quantitative estimate of drug-likeness (QED) is 0.768. The number of hydrogen-bond acceptors (Lipinski definition) is 3. The van der Waals surface area contributed by atoms with Crippen molar-refractivity contribution in [2.75, 3.05) is 5.75 Å². The van der Waals surface area contributed by atoms with Gasteiger partial charge in [0, 0.05) is 30.1 Å². The highest BCUT2D eigenvalue weighted by Gasteiger charge is 2.32. The van der Waals surface area contributed by atoms with Gasteiger partial charge >= 0.3 is 0 Å². The maximum Gasteiger partial charge on any atom is 0.0827 e. The molecule has 1 aromatic rings. The van der Waals surface area contributed by atoms with Crippen LogP contribution in [0.3, 0.4) is 0 Å². The van der Waals surface area contributed by atoms with Crippen molar-refractivity contribution in [3.63, 3.8) is 0 Å². The minimum absolute atomic E-state index is 0.248. The van der Waals surface area contributed by atoms with Crippen molar-refractivity contribution in [1.82, 2.24) is 15.1 Å². The summed E-state index contributed by atoms with van der Waals surface area (Å²) in [5, 5.41) is 8.39. The third-order valence-corrected chi connectivity index (χ3v) is 4.06. The fourth-order valence-electron chi connectivity index (χ4n) is 1.77. The Balaban J connectivity index is 2.21. The van der Waals surface area contributed by atoms with E-state index >= 15 is 0 Å². The highest BCUT2D eigenvalue weighted by molar-refractivity contribution is 7.99. The second kappa shape index (κ2) is 3.28. The molecule has 78 valence electrons. The summed E-state index contributed by atoms with van der Waals surface area (Å²) in [4.78, 5) is 0. The molecule has 0 spiro atoms. The van der Waals surface area contributed by atoms with Crippen LogP contribution in [0.25, 0.3) is 0 Å². The molecule has 0 bridgehead atoms. The van der Waals surface area contributed by atoms with Gasteiger partial charge in [-0.3, -0.25) is 10.00 Å². The molecule has 1 aromatic heterocycles. The summed E-state index contributed by atoms with van der Waals surface area (Å²) in [5.74, 6) is 1.16. The molecule has 0 aromatic carbocycles. The lowest BCUT2D eigenvalue weighted by Gasteiger charge is -2.18. The van der Waals surface area contributed by atoms with Crippen LogP contribution in [0.1, 0.15) is 30.5 Å². The van der Waals surface area contributed by atoms with Gasteiger partial charge in [0.2, 0.25) is 0 Å². The molecule has 1 aliphatic heterocycles. The lowest BCUT2D eigenvalue weighted by molar-refractivity contribution is 0.451. The fourth-order valence-corrected chi connectivity index (χ4v) is 3.25. The van der Waals surface area contributed by atoms with Crippen molar-refractivity contribution in [3.8, 4) is 0 Å². The zero-order valence-corrected chi connectivity index (χ0v) is 9.98. The molecule has 4 heteroatoms. The first-order valence-corrected chi connectivity index (χ1v) is 5.92. The van der Waals surface area contributed by atoms with Gasteiger partial charge in [0.15, 0.2) is 0 Å². The van der Waals surface area contributed by atoms with Gasteiger partial charge in [-0.15, -0.1) is 11.8 Å². The van der Waals surface area contributed by atoms with E-state index < -0.39 is 0 Å². The summed E-state index contributed by atoms with van der Waals surface area (Å²) < 4.78 is 1.89. The minimum Gasteiger partial charge on any atom is -0.296 e. The first-order valence-electron chi connectivity index (χ1n) is 4.87. The van der Waals surface area contributed by atoms with E-state index in [2.05, 4.69) is 37.4 Å². The van der Waals surface area contributed by atoms with E-state index in [1.165, 1.54) is 5.56 Å². The van der Waals surface area contributed by atoms with E-state index in [1.807, 2.05) is 23.5 Å². The van der Waals surface area contributed by atoms with Gasteiger partial charge in [0.05, 0.1) is 11.1 Å². The molecule has 1 fully saturated rings. The molecule has 0 saturated carbocycles. The fraction of sp³-hybridized carbons (Fsp3) is 0.700. The van der Waals surface area contributed by atoms with Gasteiger partial charge in [0.1, 0.15) is 0 Å². The zero-order valence-electron chi connectivity index (χ0n) is 9.16.